The maximum Gasteiger partial charge on any atom is 0.294 e. The normalized spacial score (nSPS) is 10.8. The minimum Gasteiger partial charge on any atom is -0.351 e. The molecule has 23 heavy (non-hydrogen) atoms. The quantitative estimate of drug-likeness (QED) is 0.614. The molecule has 2 heterocycles. The number of aromatic nitrogens is 2. The Hall–Kier alpha value is -2.99. The van der Waals surface area contributed by atoms with Gasteiger partial charge in [0.05, 0.1) is 22.1 Å². The molecule has 0 atom stereocenters. The average Bonchev–Trinajstić information content (AvgIpc) is 3.25. The number of carbonyl (C=O) groups is 1. The zero-order valence-corrected chi connectivity index (χ0v) is 12.7. The maximum atomic E-state index is 12.2. The Bertz CT molecular complexity index is 943. The van der Waals surface area contributed by atoms with Gasteiger partial charge in [0.15, 0.2) is 0 Å². The topological polar surface area (TPSA) is 68.0 Å². The summed E-state index contributed by atoms with van der Waals surface area (Å²) in [6.45, 7) is 0. The molecule has 1 N–H and O–H groups in total. The first kappa shape index (κ1) is 13.7. The molecule has 4 rings (SSSR count). The third kappa shape index (κ3) is 2.60. The van der Waals surface area contributed by atoms with Gasteiger partial charge in [-0.2, -0.15) is 0 Å². The van der Waals surface area contributed by atoms with Crippen LogP contribution in [0.1, 0.15) is 10.6 Å². The van der Waals surface area contributed by atoms with E-state index in [9.17, 15) is 4.79 Å². The molecule has 2 aromatic heterocycles. The molecule has 1 amide bonds. The van der Waals surface area contributed by atoms with Crippen LogP contribution in [0.15, 0.2) is 65.3 Å². The lowest BCUT2D eigenvalue weighted by atomic mass is 10.2. The van der Waals surface area contributed by atoms with E-state index in [1.807, 2.05) is 48.5 Å². The van der Waals surface area contributed by atoms with Gasteiger partial charge >= 0.3 is 0 Å². The highest BCUT2D eigenvalue weighted by molar-refractivity contribution is 7.21. The molecule has 0 bridgehead atoms. The molecule has 0 spiro atoms. The number of rotatable bonds is 3. The number of anilines is 1. The van der Waals surface area contributed by atoms with E-state index >= 15 is 0 Å². The lowest BCUT2D eigenvalue weighted by molar-refractivity contribution is 0.0988. The molecule has 112 valence electrons. The zero-order chi connectivity index (χ0) is 15.6. The Balaban J connectivity index is 1.73. The van der Waals surface area contributed by atoms with Crippen molar-refractivity contribution in [3.63, 3.8) is 0 Å². The molecule has 4 aromatic rings. The van der Waals surface area contributed by atoms with Gasteiger partial charge in [0.25, 0.3) is 5.91 Å². The van der Waals surface area contributed by atoms with E-state index in [1.165, 1.54) is 12.3 Å². The van der Waals surface area contributed by atoms with Gasteiger partial charge in [-0.25, -0.2) is 4.98 Å². The summed E-state index contributed by atoms with van der Waals surface area (Å²) in [6.07, 6.45) is 1.44. The summed E-state index contributed by atoms with van der Waals surface area (Å²) in [6, 6.07) is 17.1. The minimum absolute atomic E-state index is 0.170. The van der Waals surface area contributed by atoms with Gasteiger partial charge in [-0.15, -0.1) is 11.3 Å². The Morgan fingerprint density at radius 1 is 1.04 bits per heavy atom. The Morgan fingerprint density at radius 3 is 2.70 bits per heavy atom. The standard InChI is InChI=1S/C17H11N3O2S/c21-16(14-9-10-18-22-14)19-12-6-2-1-5-11(12)17-20-13-7-3-4-8-15(13)23-17/h1-10H,(H,19,21). The van der Waals surface area contributed by atoms with Crippen LogP contribution in [-0.2, 0) is 0 Å². The molecule has 0 radical (unpaired) electrons. The fourth-order valence-electron chi connectivity index (χ4n) is 2.28. The predicted molar refractivity (Wildman–Crippen MR) is 89.5 cm³/mol. The van der Waals surface area contributed by atoms with Crippen LogP contribution < -0.4 is 5.32 Å². The maximum absolute atomic E-state index is 12.2. The summed E-state index contributed by atoms with van der Waals surface area (Å²) in [5.41, 5.74) is 2.51. The van der Waals surface area contributed by atoms with E-state index in [0.717, 1.165) is 20.8 Å². The third-order valence-corrected chi connectivity index (χ3v) is 4.43. The van der Waals surface area contributed by atoms with Crippen molar-refractivity contribution >= 4 is 33.1 Å². The van der Waals surface area contributed by atoms with Crippen LogP contribution in [0.4, 0.5) is 5.69 Å². The molecule has 0 saturated heterocycles. The number of carbonyl (C=O) groups excluding carboxylic acids is 1. The summed E-state index contributed by atoms with van der Waals surface area (Å²) < 4.78 is 6.00. The smallest absolute Gasteiger partial charge is 0.294 e. The van der Waals surface area contributed by atoms with Crippen molar-refractivity contribution in [2.45, 2.75) is 0 Å². The van der Waals surface area contributed by atoms with Gasteiger partial charge in [0.1, 0.15) is 5.01 Å². The Kier molecular flexibility index (Phi) is 3.36. The van der Waals surface area contributed by atoms with Crippen molar-refractivity contribution < 1.29 is 9.32 Å². The highest BCUT2D eigenvalue weighted by atomic mass is 32.1. The zero-order valence-electron chi connectivity index (χ0n) is 11.9. The number of para-hydroxylation sites is 2. The molecule has 5 nitrogen and oxygen atoms in total. The van der Waals surface area contributed by atoms with Gasteiger partial charge in [-0.3, -0.25) is 4.79 Å². The molecular formula is C17H11N3O2S. The second kappa shape index (κ2) is 5.66. The number of nitrogens with one attached hydrogen (secondary N) is 1. The lowest BCUT2D eigenvalue weighted by Crippen LogP contribution is -2.11. The van der Waals surface area contributed by atoms with Gasteiger partial charge < -0.3 is 9.84 Å². The highest BCUT2D eigenvalue weighted by Gasteiger charge is 2.15. The minimum atomic E-state index is -0.337. The monoisotopic (exact) mass is 321 g/mol. The van der Waals surface area contributed by atoms with Crippen LogP contribution in [0.3, 0.4) is 0 Å². The van der Waals surface area contributed by atoms with Crippen LogP contribution in [0, 0.1) is 0 Å². The highest BCUT2D eigenvalue weighted by Crippen LogP contribution is 2.34. The van der Waals surface area contributed by atoms with Crippen LogP contribution in [0.2, 0.25) is 0 Å². The van der Waals surface area contributed by atoms with Gasteiger partial charge in [-0.1, -0.05) is 29.4 Å². The van der Waals surface area contributed by atoms with Crippen LogP contribution in [0.5, 0.6) is 0 Å². The average molecular weight is 321 g/mol. The van der Waals surface area contributed by atoms with Gasteiger partial charge in [0, 0.05) is 11.6 Å². The first-order valence-electron chi connectivity index (χ1n) is 6.98. The molecular weight excluding hydrogens is 310 g/mol. The van der Waals surface area contributed by atoms with Crippen molar-refractivity contribution in [2.24, 2.45) is 0 Å². The van der Waals surface area contributed by atoms with E-state index in [1.54, 1.807) is 11.3 Å². The predicted octanol–water partition coefficient (Wildman–Crippen LogP) is 4.20. The fourth-order valence-corrected chi connectivity index (χ4v) is 3.29. The van der Waals surface area contributed by atoms with Crippen LogP contribution >= 0.6 is 11.3 Å². The SMILES string of the molecule is O=C(Nc1ccccc1-c1nc2ccccc2s1)c1ccno1. The molecule has 0 fully saturated rings. The van der Waals surface area contributed by atoms with E-state index in [-0.39, 0.29) is 11.7 Å². The van der Waals surface area contributed by atoms with Crippen molar-refractivity contribution in [1.82, 2.24) is 10.1 Å². The van der Waals surface area contributed by atoms with Crippen molar-refractivity contribution in [3.8, 4) is 10.6 Å². The summed E-state index contributed by atoms with van der Waals surface area (Å²) in [4.78, 5) is 16.8. The number of benzene rings is 2. The summed E-state index contributed by atoms with van der Waals surface area (Å²) >= 11 is 1.59. The summed E-state index contributed by atoms with van der Waals surface area (Å²) in [7, 11) is 0. The van der Waals surface area contributed by atoms with E-state index in [4.69, 9.17) is 4.52 Å². The largest absolute Gasteiger partial charge is 0.351 e. The molecule has 0 aliphatic carbocycles. The number of nitrogens with zero attached hydrogens (tertiary/aromatic N) is 2. The number of thiazole rings is 1. The first-order valence-corrected chi connectivity index (χ1v) is 7.80. The van der Waals surface area contributed by atoms with E-state index in [2.05, 4.69) is 15.5 Å². The molecule has 0 saturated carbocycles. The number of amides is 1. The lowest BCUT2D eigenvalue weighted by Gasteiger charge is -2.07. The third-order valence-electron chi connectivity index (χ3n) is 3.36. The van der Waals surface area contributed by atoms with E-state index < -0.39 is 0 Å². The second-order valence-corrected chi connectivity index (χ2v) is 5.89. The Labute approximate surface area is 135 Å². The first-order chi connectivity index (χ1) is 11.3. The Morgan fingerprint density at radius 2 is 1.87 bits per heavy atom. The van der Waals surface area contributed by atoms with Gasteiger partial charge in [-0.05, 0) is 24.3 Å². The van der Waals surface area contributed by atoms with Crippen molar-refractivity contribution in [1.29, 1.82) is 0 Å². The van der Waals surface area contributed by atoms with Crippen molar-refractivity contribution in [3.05, 3.63) is 66.6 Å². The fraction of sp³-hybridized carbons (Fsp3) is 0. The summed E-state index contributed by atoms with van der Waals surface area (Å²) in [5, 5.41) is 7.26. The van der Waals surface area contributed by atoms with Crippen LogP contribution in [0.25, 0.3) is 20.8 Å². The molecule has 0 aliphatic heterocycles. The van der Waals surface area contributed by atoms with Crippen LogP contribution in [-0.4, -0.2) is 16.0 Å². The summed E-state index contributed by atoms with van der Waals surface area (Å²) in [5.74, 6) is -0.167. The second-order valence-electron chi connectivity index (χ2n) is 4.86. The van der Waals surface area contributed by atoms with Crippen molar-refractivity contribution in [2.75, 3.05) is 5.32 Å². The molecule has 2 aromatic carbocycles. The number of fused-ring (bicyclic) bond motifs is 1. The molecule has 0 aliphatic rings. The van der Waals surface area contributed by atoms with E-state index in [0.29, 0.717) is 5.69 Å². The number of hydrogen-bond acceptors (Lipinski definition) is 5. The molecule has 0 unspecified atom stereocenters. The van der Waals surface area contributed by atoms with Gasteiger partial charge in [0.2, 0.25) is 5.76 Å². The molecule has 6 heteroatoms. The number of hydrogen-bond donors (Lipinski definition) is 1.